The van der Waals surface area contributed by atoms with Gasteiger partial charge in [0.15, 0.2) is 5.75 Å². The highest BCUT2D eigenvalue weighted by Gasteiger charge is 2.49. The van der Waals surface area contributed by atoms with E-state index in [1.54, 1.807) is 6.07 Å². The van der Waals surface area contributed by atoms with Gasteiger partial charge in [0.1, 0.15) is 11.2 Å². The third kappa shape index (κ3) is 5.33. The van der Waals surface area contributed by atoms with Crippen LogP contribution in [0.4, 0.5) is 13.2 Å². The van der Waals surface area contributed by atoms with E-state index < -0.39 is 21.4 Å². The Kier molecular flexibility index (Phi) is 7.68. The number of rotatable bonds is 5. The van der Waals surface area contributed by atoms with Gasteiger partial charge >= 0.3 is 15.6 Å². The summed E-state index contributed by atoms with van der Waals surface area (Å²) in [6.07, 6.45) is 0. The first-order valence-electron chi connectivity index (χ1n) is 19.0. The minimum atomic E-state index is -6.07. The molecule has 1 heterocycles. The molecule has 0 radical (unpaired) electrons. The highest BCUT2D eigenvalue weighted by atomic mass is 32.2. The summed E-state index contributed by atoms with van der Waals surface area (Å²) >= 11 is 0. The minimum Gasteiger partial charge on any atom is -0.456 e. The summed E-state index contributed by atoms with van der Waals surface area (Å²) < 4.78 is 80.1. The molecule has 0 N–H and O–H groups in total. The van der Waals surface area contributed by atoms with Gasteiger partial charge in [-0.3, -0.25) is 0 Å². The molecular weight excluding hydrogens is 766 g/mol. The fourth-order valence-corrected chi connectivity index (χ4v) is 9.46. The lowest BCUT2D eigenvalue weighted by molar-refractivity contribution is -0.0499. The quantitative estimate of drug-likeness (QED) is 0.0753. The highest BCUT2D eigenvalue weighted by Crippen LogP contribution is 2.52. The van der Waals surface area contributed by atoms with Crippen molar-refractivity contribution in [2.75, 3.05) is 0 Å². The third-order valence-electron chi connectivity index (χ3n) is 11.4. The van der Waals surface area contributed by atoms with E-state index in [-0.39, 0.29) is 5.56 Å². The molecule has 0 saturated carbocycles. The number of halogens is 3. The number of fused-ring (bicyclic) bond motifs is 11. The van der Waals surface area contributed by atoms with Crippen molar-refractivity contribution in [3.63, 3.8) is 0 Å². The fourth-order valence-electron chi connectivity index (χ4n) is 8.99. The predicted molar refractivity (Wildman–Crippen MR) is 233 cm³/mol. The second kappa shape index (κ2) is 12.9. The lowest BCUT2D eigenvalue weighted by Gasteiger charge is -2.22. The van der Waals surface area contributed by atoms with Crippen molar-refractivity contribution in [3.05, 3.63) is 176 Å². The van der Waals surface area contributed by atoms with Gasteiger partial charge in [0.05, 0.1) is 0 Å². The van der Waals surface area contributed by atoms with Crippen LogP contribution in [0.15, 0.2) is 180 Å². The van der Waals surface area contributed by atoms with Crippen molar-refractivity contribution >= 4 is 85.9 Å². The SMILES string of the molecule is O=S(=O)(Oc1ccc2c3ccccc3c3ccccc3c2c1-c1c2ccccc2c(-c2cccc3oc4cc(-c5ccccc5)ccc4c23)c2ccccc12)C(F)(F)F. The molecule has 8 heteroatoms. The molecule has 11 aromatic rings. The molecule has 59 heavy (non-hydrogen) atoms. The molecule has 0 saturated heterocycles. The number of benzene rings is 10. The Balaban J connectivity index is 1.29. The van der Waals surface area contributed by atoms with Gasteiger partial charge in [0, 0.05) is 27.3 Å². The summed E-state index contributed by atoms with van der Waals surface area (Å²) in [6, 6.07) is 56.4. The Hall–Kier alpha value is -7.16. The van der Waals surface area contributed by atoms with E-state index >= 15 is 0 Å². The molecule has 0 fully saturated rings. The average molecular weight is 795 g/mol. The van der Waals surface area contributed by atoms with Crippen molar-refractivity contribution in [1.29, 1.82) is 0 Å². The summed E-state index contributed by atoms with van der Waals surface area (Å²) in [5.41, 5.74) is 0.503. The molecule has 284 valence electrons. The molecular formula is C51H29F3O4S. The molecule has 4 nitrogen and oxygen atoms in total. The molecule has 1 aromatic heterocycles. The maximum atomic E-state index is 14.2. The smallest absolute Gasteiger partial charge is 0.456 e. The van der Waals surface area contributed by atoms with E-state index in [0.717, 1.165) is 76.3 Å². The number of hydrogen-bond acceptors (Lipinski definition) is 4. The van der Waals surface area contributed by atoms with Crippen LogP contribution in [0.1, 0.15) is 0 Å². The van der Waals surface area contributed by atoms with E-state index in [9.17, 15) is 21.6 Å². The van der Waals surface area contributed by atoms with Crippen molar-refractivity contribution in [3.8, 4) is 39.1 Å². The Morgan fingerprint density at radius 3 is 1.53 bits per heavy atom. The molecule has 0 aliphatic rings. The normalized spacial score (nSPS) is 12.5. The standard InChI is InChI=1S/C51H29F3O4S/c52-51(53,54)59(55,56)58-44-28-27-40-34-17-5-4-15-32(34)33-16-6-7-18-35(33)48(40)50(44)49-38-21-10-8-19-36(38)46(37-20-9-11-22-39(37)49)42-23-12-24-43-47(42)41-26-25-31(29-45(41)57-43)30-13-2-1-3-14-30/h1-29H. The Morgan fingerprint density at radius 2 is 0.915 bits per heavy atom. The largest absolute Gasteiger partial charge is 0.534 e. The summed E-state index contributed by atoms with van der Waals surface area (Å²) in [4.78, 5) is 0. The summed E-state index contributed by atoms with van der Waals surface area (Å²) in [7, 11) is -6.07. The molecule has 0 bridgehead atoms. The number of hydrogen-bond donors (Lipinski definition) is 0. The van der Waals surface area contributed by atoms with Crippen LogP contribution in [0, 0.1) is 0 Å². The Morgan fingerprint density at radius 1 is 0.407 bits per heavy atom. The first-order valence-corrected chi connectivity index (χ1v) is 20.4. The van der Waals surface area contributed by atoms with Gasteiger partial charge in [0.25, 0.3) is 0 Å². The van der Waals surface area contributed by atoms with Crippen LogP contribution in [-0.2, 0) is 10.1 Å². The van der Waals surface area contributed by atoms with Crippen LogP contribution in [0.3, 0.4) is 0 Å². The van der Waals surface area contributed by atoms with E-state index in [1.165, 1.54) is 6.07 Å². The molecule has 0 unspecified atom stereocenters. The van der Waals surface area contributed by atoms with Gasteiger partial charge in [-0.1, -0.05) is 146 Å². The van der Waals surface area contributed by atoms with Crippen LogP contribution >= 0.6 is 0 Å². The van der Waals surface area contributed by atoms with Crippen LogP contribution in [-0.4, -0.2) is 13.9 Å². The molecule has 10 aromatic carbocycles. The Bertz CT molecular complexity index is 3560. The van der Waals surface area contributed by atoms with Gasteiger partial charge in [-0.15, -0.1) is 0 Å². The lowest BCUT2D eigenvalue weighted by Crippen LogP contribution is -2.28. The maximum absolute atomic E-state index is 14.2. The molecule has 0 amide bonds. The van der Waals surface area contributed by atoms with Crippen LogP contribution in [0.5, 0.6) is 5.75 Å². The second-order valence-electron chi connectivity index (χ2n) is 14.6. The van der Waals surface area contributed by atoms with E-state index in [4.69, 9.17) is 8.60 Å². The maximum Gasteiger partial charge on any atom is 0.534 e. The van der Waals surface area contributed by atoms with Gasteiger partial charge in [-0.25, -0.2) is 0 Å². The van der Waals surface area contributed by atoms with Crippen LogP contribution in [0.25, 0.3) is 109 Å². The molecule has 0 aliphatic heterocycles. The lowest BCUT2D eigenvalue weighted by atomic mass is 9.82. The van der Waals surface area contributed by atoms with Crippen molar-refractivity contribution in [1.82, 2.24) is 0 Å². The van der Waals surface area contributed by atoms with Crippen molar-refractivity contribution in [2.45, 2.75) is 5.51 Å². The molecule has 0 spiro atoms. The number of furan rings is 1. The Labute approximate surface area is 335 Å². The molecule has 0 aliphatic carbocycles. The third-order valence-corrected chi connectivity index (χ3v) is 12.4. The first-order chi connectivity index (χ1) is 28.7. The van der Waals surface area contributed by atoms with Crippen molar-refractivity contribution in [2.24, 2.45) is 0 Å². The zero-order valence-electron chi connectivity index (χ0n) is 30.9. The first kappa shape index (κ1) is 35.0. The zero-order valence-corrected chi connectivity index (χ0v) is 31.7. The summed E-state index contributed by atoms with van der Waals surface area (Å²) in [6.45, 7) is 0. The topological polar surface area (TPSA) is 56.5 Å². The van der Waals surface area contributed by atoms with E-state index in [2.05, 4.69) is 36.4 Å². The van der Waals surface area contributed by atoms with Crippen molar-refractivity contribution < 1.29 is 30.2 Å². The summed E-state index contributed by atoms with van der Waals surface area (Å²) in [5, 5.41) is 9.66. The number of alkyl halides is 3. The van der Waals surface area contributed by atoms with E-state index in [1.807, 2.05) is 127 Å². The van der Waals surface area contributed by atoms with Crippen LogP contribution < -0.4 is 4.18 Å². The minimum absolute atomic E-state index is 0.247. The second-order valence-corrected chi connectivity index (χ2v) is 16.2. The predicted octanol–water partition coefficient (Wildman–Crippen LogP) is 14.6. The van der Waals surface area contributed by atoms with Gasteiger partial charge in [-0.2, -0.15) is 21.6 Å². The monoisotopic (exact) mass is 794 g/mol. The molecule has 11 rings (SSSR count). The zero-order chi connectivity index (χ0) is 40.0. The van der Waals surface area contributed by atoms with Crippen LogP contribution in [0.2, 0.25) is 0 Å². The summed E-state index contributed by atoms with van der Waals surface area (Å²) in [5.74, 6) is -0.421. The highest BCUT2D eigenvalue weighted by molar-refractivity contribution is 7.88. The molecule has 0 atom stereocenters. The van der Waals surface area contributed by atoms with Gasteiger partial charge < -0.3 is 8.60 Å². The average Bonchev–Trinajstić information content (AvgIpc) is 3.64. The van der Waals surface area contributed by atoms with E-state index in [0.29, 0.717) is 27.3 Å². The van der Waals surface area contributed by atoms with Gasteiger partial charge in [0.2, 0.25) is 0 Å². The van der Waals surface area contributed by atoms with Gasteiger partial charge in [-0.05, 0) is 101 Å². The fraction of sp³-hybridized carbons (Fsp3) is 0.0196.